The highest BCUT2D eigenvalue weighted by molar-refractivity contribution is 5.24. The Morgan fingerprint density at radius 1 is 1.47 bits per heavy atom. The van der Waals surface area contributed by atoms with E-state index in [1.54, 1.807) is 6.20 Å². The molecule has 0 fully saturated rings. The van der Waals surface area contributed by atoms with Crippen LogP contribution in [0.15, 0.2) is 12.4 Å². The number of H-pyrrole nitrogens is 1. The minimum absolute atomic E-state index is 0.450. The Morgan fingerprint density at radius 2 is 2.20 bits per heavy atom. The molecule has 4 nitrogen and oxygen atoms in total. The van der Waals surface area contributed by atoms with E-state index in [4.69, 9.17) is 0 Å². The van der Waals surface area contributed by atoms with E-state index in [2.05, 4.69) is 48.1 Å². The van der Waals surface area contributed by atoms with Gasteiger partial charge in [-0.15, -0.1) is 0 Å². The molecule has 0 spiro atoms. The summed E-state index contributed by atoms with van der Waals surface area (Å²) in [5.41, 5.74) is 0. The zero-order valence-corrected chi connectivity index (χ0v) is 10.1. The Morgan fingerprint density at radius 3 is 2.67 bits per heavy atom. The second-order valence-electron chi connectivity index (χ2n) is 4.67. The maximum Gasteiger partial charge on any atom is 0.200 e. The quantitative estimate of drug-likeness (QED) is 0.752. The number of hydrogen-bond acceptors (Lipinski definition) is 3. The van der Waals surface area contributed by atoms with Gasteiger partial charge >= 0.3 is 0 Å². The molecule has 0 aliphatic heterocycles. The van der Waals surface area contributed by atoms with Crippen molar-refractivity contribution in [1.82, 2.24) is 14.9 Å². The van der Waals surface area contributed by atoms with Crippen LogP contribution >= 0.6 is 0 Å². The molecule has 1 unspecified atom stereocenters. The number of rotatable bonds is 6. The highest BCUT2D eigenvalue weighted by Gasteiger charge is 2.12. The van der Waals surface area contributed by atoms with Crippen molar-refractivity contribution in [3.63, 3.8) is 0 Å². The van der Waals surface area contributed by atoms with E-state index in [1.165, 1.54) is 0 Å². The first-order valence-electron chi connectivity index (χ1n) is 5.48. The van der Waals surface area contributed by atoms with Crippen LogP contribution < -0.4 is 5.32 Å². The summed E-state index contributed by atoms with van der Waals surface area (Å²) in [7, 11) is 4.19. The van der Waals surface area contributed by atoms with E-state index in [0.29, 0.717) is 12.0 Å². The molecular formula is C11H22N4. The smallest absolute Gasteiger partial charge is 0.200 e. The van der Waals surface area contributed by atoms with Gasteiger partial charge in [0.1, 0.15) is 0 Å². The lowest BCUT2D eigenvalue weighted by Gasteiger charge is -2.23. The first kappa shape index (κ1) is 12.0. The molecule has 0 aliphatic rings. The monoisotopic (exact) mass is 210 g/mol. The van der Waals surface area contributed by atoms with Gasteiger partial charge in [0, 0.05) is 25.0 Å². The minimum Gasteiger partial charge on any atom is -0.352 e. The maximum absolute atomic E-state index is 4.19. The van der Waals surface area contributed by atoms with Crippen molar-refractivity contribution >= 4 is 5.95 Å². The van der Waals surface area contributed by atoms with Gasteiger partial charge in [-0.2, -0.15) is 0 Å². The number of hydrogen-bond donors (Lipinski definition) is 2. The van der Waals surface area contributed by atoms with Crippen LogP contribution in [0.1, 0.15) is 20.3 Å². The Kier molecular flexibility index (Phi) is 4.62. The van der Waals surface area contributed by atoms with Crippen LogP contribution in [0.5, 0.6) is 0 Å². The van der Waals surface area contributed by atoms with Crippen LogP contribution in [0.25, 0.3) is 0 Å². The third-order valence-electron chi connectivity index (χ3n) is 2.18. The molecule has 0 amide bonds. The standard InChI is InChI=1S/C11H22N4/c1-9(2)7-10(8-15(3)4)14-11-12-5-6-13-11/h5-6,9-10H,7-8H2,1-4H3,(H2,12,13,14). The summed E-state index contributed by atoms with van der Waals surface area (Å²) in [4.78, 5) is 9.46. The molecule has 1 rings (SSSR count). The van der Waals surface area contributed by atoms with E-state index in [1.807, 2.05) is 6.20 Å². The summed E-state index contributed by atoms with van der Waals surface area (Å²) in [5, 5.41) is 3.41. The molecule has 4 heteroatoms. The van der Waals surface area contributed by atoms with Gasteiger partial charge in [-0.25, -0.2) is 4.98 Å². The fourth-order valence-electron chi connectivity index (χ4n) is 1.73. The Bertz CT molecular complexity index is 244. The second-order valence-corrected chi connectivity index (χ2v) is 4.67. The van der Waals surface area contributed by atoms with Crippen molar-refractivity contribution in [2.45, 2.75) is 26.3 Å². The molecule has 0 saturated carbocycles. The van der Waals surface area contributed by atoms with E-state index in [0.717, 1.165) is 18.9 Å². The Balaban J connectivity index is 2.48. The molecule has 1 atom stereocenters. The second kappa shape index (κ2) is 5.75. The van der Waals surface area contributed by atoms with Crippen molar-refractivity contribution in [3.8, 4) is 0 Å². The van der Waals surface area contributed by atoms with Gasteiger partial charge in [0.15, 0.2) is 5.95 Å². The van der Waals surface area contributed by atoms with E-state index in [-0.39, 0.29) is 0 Å². The van der Waals surface area contributed by atoms with E-state index >= 15 is 0 Å². The summed E-state index contributed by atoms with van der Waals surface area (Å²) >= 11 is 0. The highest BCUT2D eigenvalue weighted by Crippen LogP contribution is 2.09. The van der Waals surface area contributed by atoms with Crippen molar-refractivity contribution in [2.75, 3.05) is 26.0 Å². The molecular weight excluding hydrogens is 188 g/mol. The van der Waals surface area contributed by atoms with Crippen molar-refractivity contribution in [1.29, 1.82) is 0 Å². The van der Waals surface area contributed by atoms with Gasteiger partial charge in [-0.05, 0) is 26.4 Å². The van der Waals surface area contributed by atoms with Crippen LogP contribution in [0.4, 0.5) is 5.95 Å². The average molecular weight is 210 g/mol. The molecule has 86 valence electrons. The molecule has 0 aliphatic carbocycles. The van der Waals surface area contributed by atoms with Gasteiger partial charge in [0.05, 0.1) is 0 Å². The minimum atomic E-state index is 0.450. The van der Waals surface area contributed by atoms with Crippen LogP contribution in [0.2, 0.25) is 0 Å². The zero-order chi connectivity index (χ0) is 11.3. The van der Waals surface area contributed by atoms with Crippen molar-refractivity contribution in [3.05, 3.63) is 12.4 Å². The molecule has 0 bridgehead atoms. The van der Waals surface area contributed by atoms with Crippen LogP contribution in [-0.4, -0.2) is 41.5 Å². The lowest BCUT2D eigenvalue weighted by atomic mass is 10.0. The maximum atomic E-state index is 4.19. The number of nitrogens with one attached hydrogen (secondary N) is 2. The molecule has 0 aromatic carbocycles. The fourth-order valence-corrected chi connectivity index (χ4v) is 1.73. The lowest BCUT2D eigenvalue weighted by Crippen LogP contribution is -2.33. The summed E-state index contributed by atoms with van der Waals surface area (Å²) in [6, 6.07) is 0.450. The normalized spacial score (nSPS) is 13.5. The number of nitrogens with zero attached hydrogens (tertiary/aromatic N) is 2. The molecule has 1 aromatic heterocycles. The molecule has 1 aromatic rings. The number of aromatic amines is 1. The van der Waals surface area contributed by atoms with Crippen LogP contribution in [-0.2, 0) is 0 Å². The third-order valence-corrected chi connectivity index (χ3v) is 2.18. The van der Waals surface area contributed by atoms with Crippen LogP contribution in [0, 0.1) is 5.92 Å². The average Bonchev–Trinajstić information content (AvgIpc) is 2.53. The van der Waals surface area contributed by atoms with E-state index < -0.39 is 0 Å². The van der Waals surface area contributed by atoms with Crippen LogP contribution in [0.3, 0.4) is 0 Å². The lowest BCUT2D eigenvalue weighted by molar-refractivity contribution is 0.355. The SMILES string of the molecule is CC(C)CC(CN(C)C)Nc1ncc[nH]1. The fraction of sp³-hybridized carbons (Fsp3) is 0.727. The first-order valence-corrected chi connectivity index (χ1v) is 5.48. The third kappa shape index (κ3) is 4.83. The topological polar surface area (TPSA) is 44.0 Å². The van der Waals surface area contributed by atoms with Gasteiger partial charge in [-0.3, -0.25) is 0 Å². The molecule has 2 N–H and O–H groups in total. The number of likely N-dealkylation sites (N-methyl/N-ethyl adjacent to an activating group) is 1. The Hall–Kier alpha value is -1.03. The predicted octanol–water partition coefficient (Wildman–Crippen LogP) is 1.80. The molecule has 0 radical (unpaired) electrons. The summed E-state index contributed by atoms with van der Waals surface area (Å²) in [6.07, 6.45) is 4.76. The van der Waals surface area contributed by atoms with Crippen molar-refractivity contribution in [2.24, 2.45) is 5.92 Å². The summed E-state index contributed by atoms with van der Waals surface area (Å²) in [5.74, 6) is 1.56. The number of anilines is 1. The van der Waals surface area contributed by atoms with Crippen molar-refractivity contribution < 1.29 is 0 Å². The predicted molar refractivity (Wildman–Crippen MR) is 64.0 cm³/mol. The van der Waals surface area contributed by atoms with Gasteiger partial charge < -0.3 is 15.2 Å². The summed E-state index contributed by atoms with van der Waals surface area (Å²) < 4.78 is 0. The van der Waals surface area contributed by atoms with Gasteiger partial charge in [0.2, 0.25) is 0 Å². The summed E-state index contributed by atoms with van der Waals surface area (Å²) in [6.45, 7) is 5.51. The zero-order valence-electron chi connectivity index (χ0n) is 10.1. The Labute approximate surface area is 92.1 Å². The van der Waals surface area contributed by atoms with Gasteiger partial charge in [-0.1, -0.05) is 13.8 Å². The number of imidazole rings is 1. The molecule has 1 heterocycles. The largest absolute Gasteiger partial charge is 0.352 e. The number of aromatic nitrogens is 2. The first-order chi connectivity index (χ1) is 7.08. The van der Waals surface area contributed by atoms with Gasteiger partial charge in [0.25, 0.3) is 0 Å². The molecule has 0 saturated heterocycles. The van der Waals surface area contributed by atoms with E-state index in [9.17, 15) is 0 Å². The molecule has 15 heavy (non-hydrogen) atoms. The highest BCUT2D eigenvalue weighted by atomic mass is 15.2.